The Balaban J connectivity index is 1.20. The monoisotopic (exact) mass is 702 g/mol. The first-order valence-corrected chi connectivity index (χ1v) is 18.8. The van der Waals surface area contributed by atoms with E-state index in [-0.39, 0.29) is 0 Å². The molecule has 3 heterocycles. The zero-order chi connectivity index (χ0) is 36.3. The highest BCUT2D eigenvalue weighted by atomic mass is 15.1. The minimum absolute atomic E-state index is 0.689. The van der Waals surface area contributed by atoms with Crippen LogP contribution in [0.1, 0.15) is 22.3 Å². The Bertz CT molecular complexity index is 3010. The number of hydrogen-bond donors (Lipinski definition) is 0. The van der Waals surface area contributed by atoms with E-state index in [0.717, 1.165) is 61.8 Å². The first-order chi connectivity index (χ1) is 27.3. The average Bonchev–Trinajstić information content (AvgIpc) is 3.94. The molecule has 0 spiro atoms. The van der Waals surface area contributed by atoms with Crippen LogP contribution < -0.4 is 0 Å². The number of aromatic nitrogens is 3. The minimum Gasteiger partial charge on any atom is -0.309 e. The second-order valence-corrected chi connectivity index (χ2v) is 14.2. The maximum atomic E-state index is 5.59. The number of nitrogens with zero attached hydrogens (tertiary/aromatic N) is 4. The second kappa shape index (κ2) is 12.4. The first-order valence-electron chi connectivity index (χ1n) is 18.8. The molecule has 0 unspecified atom stereocenters. The van der Waals surface area contributed by atoms with Crippen molar-refractivity contribution in [3.05, 3.63) is 229 Å². The van der Waals surface area contributed by atoms with Crippen molar-refractivity contribution in [2.75, 3.05) is 0 Å². The van der Waals surface area contributed by atoms with Crippen molar-refractivity contribution < 1.29 is 0 Å². The van der Waals surface area contributed by atoms with Crippen LogP contribution in [0, 0.1) is 0 Å². The van der Waals surface area contributed by atoms with Gasteiger partial charge in [-0.2, -0.15) is 0 Å². The molecule has 11 rings (SSSR count). The third kappa shape index (κ3) is 4.65. The summed E-state index contributed by atoms with van der Waals surface area (Å²) in [6.45, 7) is 0. The number of fused-ring (bicyclic) bond motifs is 6. The molecule has 0 N–H and O–H groups in total. The molecule has 10 aromatic rings. The molecule has 55 heavy (non-hydrogen) atoms. The van der Waals surface area contributed by atoms with E-state index < -0.39 is 5.41 Å². The molecule has 0 amide bonds. The zero-order valence-electron chi connectivity index (χ0n) is 29.9. The summed E-state index contributed by atoms with van der Waals surface area (Å²) in [6.07, 6.45) is 0. The summed E-state index contributed by atoms with van der Waals surface area (Å²) in [5, 5.41) is 2.41. The van der Waals surface area contributed by atoms with E-state index in [1.807, 2.05) is 0 Å². The SMILES string of the molecule is c1ccc(C2=Nc3ccc4c5ccccc5n(-c5ccc(-c6nc7ccccc7n6-c6ccccc6)cc5)c4c3C2(c2ccccc2)c2ccccc2)cc1. The first kappa shape index (κ1) is 31.2. The van der Waals surface area contributed by atoms with Gasteiger partial charge in [-0.3, -0.25) is 9.56 Å². The maximum absolute atomic E-state index is 5.59. The number of benzene rings is 8. The summed E-state index contributed by atoms with van der Waals surface area (Å²) in [5.74, 6) is 0.912. The number of aliphatic imine (C=N–C) groups is 1. The summed E-state index contributed by atoms with van der Waals surface area (Å²) in [4.78, 5) is 10.8. The van der Waals surface area contributed by atoms with E-state index in [2.05, 4.69) is 215 Å². The van der Waals surface area contributed by atoms with Gasteiger partial charge in [-0.15, -0.1) is 0 Å². The second-order valence-electron chi connectivity index (χ2n) is 14.2. The van der Waals surface area contributed by atoms with Crippen LogP contribution in [0.5, 0.6) is 0 Å². The molecule has 0 saturated heterocycles. The predicted octanol–water partition coefficient (Wildman–Crippen LogP) is 12.3. The topological polar surface area (TPSA) is 35.1 Å². The minimum atomic E-state index is -0.689. The van der Waals surface area contributed by atoms with E-state index >= 15 is 0 Å². The lowest BCUT2D eigenvalue weighted by Gasteiger charge is -2.35. The molecule has 0 aliphatic carbocycles. The third-order valence-corrected chi connectivity index (χ3v) is 11.2. The van der Waals surface area contributed by atoms with Gasteiger partial charge in [-0.05, 0) is 77.4 Å². The number of imidazole rings is 1. The molecular weight excluding hydrogens is 669 g/mol. The molecular formula is C51H34N4. The molecule has 2 aromatic heterocycles. The average molecular weight is 703 g/mol. The van der Waals surface area contributed by atoms with Crippen LogP contribution >= 0.6 is 0 Å². The van der Waals surface area contributed by atoms with Gasteiger partial charge in [0, 0.05) is 33.3 Å². The van der Waals surface area contributed by atoms with Gasteiger partial charge in [0.05, 0.1) is 38.9 Å². The van der Waals surface area contributed by atoms with Crippen LogP contribution in [0.2, 0.25) is 0 Å². The van der Waals surface area contributed by atoms with Gasteiger partial charge >= 0.3 is 0 Å². The third-order valence-electron chi connectivity index (χ3n) is 11.2. The fourth-order valence-corrected chi connectivity index (χ4v) is 8.90. The van der Waals surface area contributed by atoms with E-state index in [0.29, 0.717) is 0 Å². The number of hydrogen-bond acceptors (Lipinski definition) is 2. The molecule has 4 heteroatoms. The van der Waals surface area contributed by atoms with Crippen LogP contribution in [0.3, 0.4) is 0 Å². The Morgan fingerprint density at radius 2 is 0.964 bits per heavy atom. The molecule has 1 aliphatic rings. The Morgan fingerprint density at radius 3 is 1.65 bits per heavy atom. The summed E-state index contributed by atoms with van der Waals surface area (Å²) in [7, 11) is 0. The van der Waals surface area contributed by atoms with Gasteiger partial charge in [-0.1, -0.05) is 146 Å². The maximum Gasteiger partial charge on any atom is 0.145 e. The van der Waals surface area contributed by atoms with Crippen molar-refractivity contribution in [3.63, 3.8) is 0 Å². The Morgan fingerprint density at radius 1 is 0.400 bits per heavy atom. The summed E-state index contributed by atoms with van der Waals surface area (Å²) in [5.41, 5.74) is 13.5. The highest BCUT2D eigenvalue weighted by molar-refractivity contribution is 6.22. The van der Waals surface area contributed by atoms with E-state index in [4.69, 9.17) is 9.98 Å². The molecule has 4 nitrogen and oxygen atoms in total. The van der Waals surface area contributed by atoms with Crippen LogP contribution in [-0.2, 0) is 5.41 Å². The normalized spacial score (nSPS) is 13.3. The van der Waals surface area contributed by atoms with Crippen molar-refractivity contribution in [2.24, 2.45) is 4.99 Å². The van der Waals surface area contributed by atoms with Gasteiger partial charge in [0.1, 0.15) is 5.82 Å². The van der Waals surface area contributed by atoms with Gasteiger partial charge in [0.25, 0.3) is 0 Å². The van der Waals surface area contributed by atoms with Crippen molar-refractivity contribution in [1.29, 1.82) is 0 Å². The van der Waals surface area contributed by atoms with E-state index in [1.54, 1.807) is 0 Å². The number of rotatable bonds is 6. The predicted molar refractivity (Wildman–Crippen MR) is 226 cm³/mol. The van der Waals surface area contributed by atoms with E-state index in [1.165, 1.54) is 27.5 Å². The van der Waals surface area contributed by atoms with Crippen LogP contribution in [0.25, 0.3) is 55.6 Å². The lowest BCUT2D eigenvalue weighted by atomic mass is 9.65. The molecule has 0 radical (unpaired) electrons. The fraction of sp³-hybridized carbons (Fsp3) is 0.0196. The molecule has 0 atom stereocenters. The lowest BCUT2D eigenvalue weighted by Crippen LogP contribution is -2.37. The molecule has 0 bridgehead atoms. The molecule has 0 saturated carbocycles. The zero-order valence-corrected chi connectivity index (χ0v) is 29.9. The summed E-state index contributed by atoms with van der Waals surface area (Å²) < 4.78 is 4.71. The quantitative estimate of drug-likeness (QED) is 0.170. The van der Waals surface area contributed by atoms with Crippen LogP contribution in [0.4, 0.5) is 5.69 Å². The lowest BCUT2D eigenvalue weighted by molar-refractivity contribution is 0.853. The fourth-order valence-electron chi connectivity index (χ4n) is 8.90. The van der Waals surface area contributed by atoms with Crippen molar-refractivity contribution in [2.45, 2.75) is 5.41 Å². The Kier molecular flexibility index (Phi) is 7.04. The van der Waals surface area contributed by atoms with Crippen molar-refractivity contribution in [1.82, 2.24) is 14.1 Å². The number of para-hydroxylation sites is 4. The highest BCUT2D eigenvalue weighted by Crippen LogP contribution is 2.55. The van der Waals surface area contributed by atoms with E-state index in [9.17, 15) is 0 Å². The highest BCUT2D eigenvalue weighted by Gasteiger charge is 2.49. The van der Waals surface area contributed by atoms with Gasteiger partial charge in [-0.25, -0.2) is 4.98 Å². The molecule has 1 aliphatic heterocycles. The molecule has 8 aromatic carbocycles. The summed E-state index contributed by atoms with van der Waals surface area (Å²) in [6, 6.07) is 73.6. The van der Waals surface area contributed by atoms with Gasteiger partial charge in [0.2, 0.25) is 0 Å². The van der Waals surface area contributed by atoms with Crippen LogP contribution in [-0.4, -0.2) is 19.8 Å². The standard InChI is InChI=1S/C51H34N4/c1-5-17-35(18-6-1)49-51(37-19-7-2-8-20-37,38-21-9-3-10-22-38)47-44(52-49)34-33-42-41-25-13-15-27-45(41)54(48(42)47)40-31-29-36(30-32-40)50-53-43-26-14-16-28-46(43)55(50)39-23-11-4-12-24-39/h1-34H. The van der Waals surface area contributed by atoms with Crippen LogP contribution in [0.15, 0.2) is 211 Å². The van der Waals surface area contributed by atoms with Crippen molar-refractivity contribution >= 4 is 44.2 Å². The van der Waals surface area contributed by atoms with Gasteiger partial charge < -0.3 is 4.57 Å². The smallest absolute Gasteiger partial charge is 0.145 e. The van der Waals surface area contributed by atoms with Gasteiger partial charge in [0.15, 0.2) is 0 Å². The largest absolute Gasteiger partial charge is 0.309 e. The molecule has 258 valence electrons. The molecule has 0 fully saturated rings. The summed E-state index contributed by atoms with van der Waals surface area (Å²) >= 11 is 0. The van der Waals surface area contributed by atoms with Crippen molar-refractivity contribution in [3.8, 4) is 22.8 Å². The Labute approximate surface area is 318 Å². The Hall–Kier alpha value is -7.30.